The number of halogens is 1. The zero-order valence-electron chi connectivity index (χ0n) is 11.0. The van der Waals surface area contributed by atoms with Crippen molar-refractivity contribution in [2.24, 2.45) is 0 Å². The molecule has 0 saturated carbocycles. The summed E-state index contributed by atoms with van der Waals surface area (Å²) in [7, 11) is 1.97. The zero-order chi connectivity index (χ0) is 13.2. The van der Waals surface area contributed by atoms with Gasteiger partial charge in [0.15, 0.2) is 0 Å². The van der Waals surface area contributed by atoms with E-state index in [0.29, 0.717) is 0 Å². The van der Waals surface area contributed by atoms with Crippen molar-refractivity contribution in [3.05, 3.63) is 63.6 Å². The first-order valence-corrected chi connectivity index (χ1v) is 7.32. The molecule has 0 amide bonds. The number of hydrogen-bond donors (Lipinski definition) is 1. The summed E-state index contributed by atoms with van der Waals surface area (Å²) in [5, 5.41) is 3.18. The Morgan fingerprint density at radius 3 is 2.37 bits per heavy atom. The molecule has 1 aliphatic rings. The van der Waals surface area contributed by atoms with Crippen LogP contribution < -0.4 is 10.2 Å². The van der Waals surface area contributed by atoms with E-state index in [4.69, 9.17) is 0 Å². The molecule has 1 heterocycles. The van der Waals surface area contributed by atoms with Crippen molar-refractivity contribution in [1.29, 1.82) is 0 Å². The lowest BCUT2D eigenvalue weighted by molar-refractivity contribution is 0.812. The van der Waals surface area contributed by atoms with Crippen molar-refractivity contribution in [2.75, 3.05) is 11.9 Å². The monoisotopic (exact) mass is 316 g/mol. The van der Waals surface area contributed by atoms with Crippen molar-refractivity contribution in [3.8, 4) is 0 Å². The fraction of sp³-hybridized carbons (Fsp3) is 0.250. The molecule has 0 spiro atoms. The van der Waals surface area contributed by atoms with Gasteiger partial charge in [0, 0.05) is 29.8 Å². The maximum Gasteiger partial charge on any atom is 0.0436 e. The number of nitrogens with zero attached hydrogens (tertiary/aromatic N) is 1. The molecule has 0 saturated heterocycles. The van der Waals surface area contributed by atoms with Crippen LogP contribution in [0.25, 0.3) is 0 Å². The number of benzene rings is 2. The topological polar surface area (TPSA) is 15.3 Å². The summed E-state index contributed by atoms with van der Waals surface area (Å²) >= 11 is 3.66. The number of rotatable bonds is 3. The second-order valence-corrected chi connectivity index (χ2v) is 5.79. The number of fused-ring (bicyclic) bond motifs is 1. The van der Waals surface area contributed by atoms with Gasteiger partial charge in [-0.15, -0.1) is 0 Å². The van der Waals surface area contributed by atoms with Gasteiger partial charge in [-0.05, 0) is 35.9 Å². The first-order valence-electron chi connectivity index (χ1n) is 6.52. The average Bonchev–Trinajstić information content (AvgIpc) is 2.85. The van der Waals surface area contributed by atoms with Gasteiger partial charge in [0.25, 0.3) is 0 Å². The number of hydrogen-bond acceptors (Lipinski definition) is 2. The molecular formula is C16H17BrN2. The van der Waals surface area contributed by atoms with Crippen molar-refractivity contribution in [1.82, 2.24) is 5.32 Å². The number of nitrogens with one attached hydrogen (secondary N) is 1. The first-order chi connectivity index (χ1) is 9.28. The Balaban J connectivity index is 1.83. The largest absolute Gasteiger partial charge is 0.363 e. The minimum atomic E-state index is 0.890. The fourth-order valence-electron chi connectivity index (χ4n) is 2.58. The van der Waals surface area contributed by atoms with E-state index < -0.39 is 0 Å². The molecule has 3 rings (SSSR count). The molecule has 2 aromatic rings. The van der Waals surface area contributed by atoms with Crippen LogP contribution in [-0.2, 0) is 19.6 Å². The van der Waals surface area contributed by atoms with Gasteiger partial charge in [-0.25, -0.2) is 0 Å². The maximum absolute atomic E-state index is 3.66. The van der Waals surface area contributed by atoms with E-state index in [1.165, 1.54) is 26.9 Å². The quantitative estimate of drug-likeness (QED) is 0.929. The van der Waals surface area contributed by atoms with Crippen LogP contribution in [-0.4, -0.2) is 7.05 Å². The van der Waals surface area contributed by atoms with E-state index >= 15 is 0 Å². The van der Waals surface area contributed by atoms with Crippen molar-refractivity contribution < 1.29 is 0 Å². The van der Waals surface area contributed by atoms with Gasteiger partial charge < -0.3 is 10.2 Å². The van der Waals surface area contributed by atoms with E-state index in [1.807, 2.05) is 7.05 Å². The molecule has 0 radical (unpaired) electrons. The van der Waals surface area contributed by atoms with Crippen LogP contribution in [0.4, 0.5) is 5.69 Å². The Labute approximate surface area is 122 Å². The van der Waals surface area contributed by atoms with Crippen LogP contribution in [0.15, 0.2) is 46.9 Å². The molecule has 0 bridgehead atoms. The Morgan fingerprint density at radius 2 is 1.79 bits per heavy atom. The second kappa shape index (κ2) is 5.35. The molecule has 0 unspecified atom stereocenters. The predicted molar refractivity (Wildman–Crippen MR) is 83.2 cm³/mol. The van der Waals surface area contributed by atoms with E-state index in [1.54, 1.807) is 0 Å². The molecule has 0 atom stereocenters. The fourth-order valence-corrected chi connectivity index (χ4v) is 3.09. The summed E-state index contributed by atoms with van der Waals surface area (Å²) in [6.07, 6.45) is 0. The lowest BCUT2D eigenvalue weighted by atomic mass is 10.1. The SMILES string of the molecule is CNCc1ccc(N2Cc3ccccc3C2)cc1Br. The first kappa shape index (κ1) is 12.7. The Hall–Kier alpha value is -1.32. The van der Waals surface area contributed by atoms with E-state index in [-0.39, 0.29) is 0 Å². The van der Waals surface area contributed by atoms with Gasteiger partial charge in [-0.2, -0.15) is 0 Å². The van der Waals surface area contributed by atoms with Crippen molar-refractivity contribution >= 4 is 21.6 Å². The molecule has 98 valence electrons. The Morgan fingerprint density at radius 1 is 1.11 bits per heavy atom. The molecule has 19 heavy (non-hydrogen) atoms. The lowest BCUT2D eigenvalue weighted by Gasteiger charge is -2.19. The third-order valence-electron chi connectivity index (χ3n) is 3.61. The summed E-state index contributed by atoms with van der Waals surface area (Å²) in [4.78, 5) is 2.42. The molecule has 0 fully saturated rings. The van der Waals surface area contributed by atoms with Gasteiger partial charge in [0.2, 0.25) is 0 Å². The highest BCUT2D eigenvalue weighted by Crippen LogP contribution is 2.31. The predicted octanol–water partition coefficient (Wildman–Crippen LogP) is 3.69. The van der Waals surface area contributed by atoms with Crippen LogP contribution in [0, 0.1) is 0 Å². The highest BCUT2D eigenvalue weighted by Gasteiger charge is 2.18. The van der Waals surface area contributed by atoms with Gasteiger partial charge in [0.1, 0.15) is 0 Å². The van der Waals surface area contributed by atoms with Gasteiger partial charge in [-0.1, -0.05) is 46.3 Å². The van der Waals surface area contributed by atoms with Crippen molar-refractivity contribution in [2.45, 2.75) is 19.6 Å². The highest BCUT2D eigenvalue weighted by atomic mass is 79.9. The van der Waals surface area contributed by atoms with E-state index in [2.05, 4.69) is 68.6 Å². The summed E-state index contributed by atoms with van der Waals surface area (Å²) in [6, 6.07) is 15.3. The summed E-state index contributed by atoms with van der Waals surface area (Å²) in [6.45, 7) is 2.91. The third kappa shape index (κ3) is 2.53. The maximum atomic E-state index is 3.66. The standard InChI is InChI=1S/C16H17BrN2/c1-18-9-12-6-7-15(8-16(12)17)19-10-13-4-2-3-5-14(13)11-19/h2-8,18H,9-11H2,1H3. The molecule has 0 aromatic heterocycles. The van der Waals surface area contributed by atoms with Crippen LogP contribution in [0.5, 0.6) is 0 Å². The Bertz CT molecular complexity index is 570. The minimum absolute atomic E-state index is 0.890. The summed E-state index contributed by atoms with van der Waals surface area (Å²) in [5.74, 6) is 0. The van der Waals surface area contributed by atoms with E-state index in [0.717, 1.165) is 19.6 Å². The molecule has 2 nitrogen and oxygen atoms in total. The van der Waals surface area contributed by atoms with E-state index in [9.17, 15) is 0 Å². The highest BCUT2D eigenvalue weighted by molar-refractivity contribution is 9.10. The normalized spacial score (nSPS) is 13.7. The zero-order valence-corrected chi connectivity index (χ0v) is 12.6. The van der Waals surface area contributed by atoms with Crippen LogP contribution in [0.3, 0.4) is 0 Å². The molecule has 1 N–H and O–H groups in total. The Kier molecular flexibility index (Phi) is 3.58. The van der Waals surface area contributed by atoms with Gasteiger partial charge in [0.05, 0.1) is 0 Å². The van der Waals surface area contributed by atoms with Crippen LogP contribution in [0.1, 0.15) is 16.7 Å². The molecular weight excluding hydrogens is 300 g/mol. The summed E-state index contributed by atoms with van der Waals surface area (Å²) < 4.78 is 1.18. The molecule has 2 aromatic carbocycles. The summed E-state index contributed by atoms with van der Waals surface area (Å²) in [5.41, 5.74) is 5.46. The molecule has 3 heteroatoms. The lowest BCUT2D eigenvalue weighted by Crippen LogP contribution is -2.15. The molecule has 0 aliphatic carbocycles. The van der Waals surface area contributed by atoms with Crippen LogP contribution >= 0.6 is 15.9 Å². The second-order valence-electron chi connectivity index (χ2n) is 4.93. The smallest absolute Gasteiger partial charge is 0.0436 e. The molecule has 1 aliphatic heterocycles. The van der Waals surface area contributed by atoms with Gasteiger partial charge in [-0.3, -0.25) is 0 Å². The number of anilines is 1. The van der Waals surface area contributed by atoms with Crippen LogP contribution in [0.2, 0.25) is 0 Å². The van der Waals surface area contributed by atoms with Crippen molar-refractivity contribution in [3.63, 3.8) is 0 Å². The third-order valence-corrected chi connectivity index (χ3v) is 4.35. The minimum Gasteiger partial charge on any atom is -0.363 e. The van der Waals surface area contributed by atoms with Gasteiger partial charge >= 0.3 is 0 Å². The average molecular weight is 317 g/mol.